The van der Waals surface area contributed by atoms with Crippen molar-refractivity contribution in [2.24, 2.45) is 23.7 Å². The van der Waals surface area contributed by atoms with Gasteiger partial charge in [-0.25, -0.2) is 0 Å². The Morgan fingerprint density at radius 3 is 2.35 bits per heavy atom. The summed E-state index contributed by atoms with van der Waals surface area (Å²) in [6.07, 6.45) is 6.98. The molecule has 0 saturated heterocycles. The number of aliphatic carboxylic acids is 1. The van der Waals surface area contributed by atoms with E-state index in [9.17, 15) is 14.7 Å². The maximum absolute atomic E-state index is 12.4. The van der Waals surface area contributed by atoms with Crippen molar-refractivity contribution in [1.29, 1.82) is 0 Å². The van der Waals surface area contributed by atoms with Crippen LogP contribution in [0.4, 0.5) is 0 Å². The summed E-state index contributed by atoms with van der Waals surface area (Å²) in [5, 5.41) is 12.4. The zero-order chi connectivity index (χ0) is 14.7. The molecule has 0 radical (unpaired) electrons. The Labute approximate surface area is 121 Å². The standard InChI is InChI=1S/C16H27NO3/c1-10-4-3-5-12(7-6-10)17-15(18)13-8-11(2)9-14(13)16(19)20/h10-14H,3-9H2,1-2H3,(H,17,18)(H,19,20)/t10?,11?,12?,13-,14+/m0/s1. The molecule has 2 rings (SSSR count). The molecule has 0 aliphatic heterocycles. The lowest BCUT2D eigenvalue weighted by Crippen LogP contribution is -2.41. The summed E-state index contributed by atoms with van der Waals surface area (Å²) < 4.78 is 0. The van der Waals surface area contributed by atoms with Crippen LogP contribution in [0.15, 0.2) is 0 Å². The maximum Gasteiger partial charge on any atom is 0.307 e. The highest BCUT2D eigenvalue weighted by molar-refractivity contribution is 5.85. The zero-order valence-electron chi connectivity index (χ0n) is 12.6. The lowest BCUT2D eigenvalue weighted by molar-refractivity contribution is -0.146. The highest BCUT2D eigenvalue weighted by Gasteiger charge is 2.41. The Hall–Kier alpha value is -1.06. The normalized spacial score (nSPS) is 38.2. The topological polar surface area (TPSA) is 66.4 Å². The summed E-state index contributed by atoms with van der Waals surface area (Å²) in [5.41, 5.74) is 0. The van der Waals surface area contributed by atoms with Crippen molar-refractivity contribution >= 4 is 11.9 Å². The number of rotatable bonds is 3. The van der Waals surface area contributed by atoms with E-state index in [0.29, 0.717) is 18.8 Å². The Kier molecular flexibility index (Phi) is 5.06. The van der Waals surface area contributed by atoms with E-state index in [1.807, 2.05) is 6.92 Å². The summed E-state index contributed by atoms with van der Waals surface area (Å²) in [6, 6.07) is 0.248. The van der Waals surface area contributed by atoms with Gasteiger partial charge in [-0.2, -0.15) is 0 Å². The fraction of sp³-hybridized carbons (Fsp3) is 0.875. The molecule has 20 heavy (non-hydrogen) atoms. The van der Waals surface area contributed by atoms with Crippen molar-refractivity contribution in [1.82, 2.24) is 5.32 Å². The molecule has 0 aromatic heterocycles. The molecule has 0 aromatic rings. The van der Waals surface area contributed by atoms with Gasteiger partial charge in [0.25, 0.3) is 0 Å². The number of carboxylic acids is 1. The molecule has 114 valence electrons. The van der Waals surface area contributed by atoms with Gasteiger partial charge < -0.3 is 10.4 Å². The molecule has 0 aromatic carbocycles. The van der Waals surface area contributed by atoms with E-state index >= 15 is 0 Å². The molecule has 1 amide bonds. The van der Waals surface area contributed by atoms with Crippen molar-refractivity contribution in [2.45, 2.75) is 64.8 Å². The third-order valence-corrected chi connectivity index (χ3v) is 5.06. The lowest BCUT2D eigenvalue weighted by Gasteiger charge is -2.21. The first-order valence-corrected chi connectivity index (χ1v) is 8.00. The minimum absolute atomic E-state index is 0.0266. The number of carbonyl (C=O) groups is 2. The van der Waals surface area contributed by atoms with Gasteiger partial charge in [-0.05, 0) is 43.9 Å². The number of carboxylic acid groups (broad SMARTS) is 1. The van der Waals surface area contributed by atoms with Crippen LogP contribution in [0, 0.1) is 23.7 Å². The fourth-order valence-electron chi connectivity index (χ4n) is 3.79. The second-order valence-corrected chi connectivity index (χ2v) is 6.95. The molecule has 0 spiro atoms. The molecule has 0 heterocycles. The van der Waals surface area contributed by atoms with Crippen molar-refractivity contribution in [3.63, 3.8) is 0 Å². The van der Waals surface area contributed by atoms with Crippen LogP contribution in [-0.4, -0.2) is 23.0 Å². The monoisotopic (exact) mass is 281 g/mol. The fourth-order valence-corrected chi connectivity index (χ4v) is 3.79. The van der Waals surface area contributed by atoms with Crippen molar-refractivity contribution in [3.05, 3.63) is 0 Å². The van der Waals surface area contributed by atoms with Crippen molar-refractivity contribution in [2.75, 3.05) is 0 Å². The van der Waals surface area contributed by atoms with E-state index < -0.39 is 11.9 Å². The smallest absolute Gasteiger partial charge is 0.307 e. The largest absolute Gasteiger partial charge is 0.481 e. The molecule has 2 fully saturated rings. The zero-order valence-corrected chi connectivity index (χ0v) is 12.6. The molecule has 4 heteroatoms. The van der Waals surface area contributed by atoms with Gasteiger partial charge >= 0.3 is 5.97 Å². The molecular formula is C16H27NO3. The third-order valence-electron chi connectivity index (χ3n) is 5.06. The predicted octanol–water partition coefficient (Wildman–Crippen LogP) is 2.82. The number of carbonyl (C=O) groups excluding carboxylic acids is 1. The van der Waals surface area contributed by atoms with Gasteiger partial charge in [-0.15, -0.1) is 0 Å². The summed E-state index contributed by atoms with van der Waals surface area (Å²) in [4.78, 5) is 23.7. The van der Waals surface area contributed by atoms with Gasteiger partial charge in [0, 0.05) is 6.04 Å². The average molecular weight is 281 g/mol. The number of nitrogens with one attached hydrogen (secondary N) is 1. The van der Waals surface area contributed by atoms with Gasteiger partial charge in [0.2, 0.25) is 5.91 Å². The van der Waals surface area contributed by atoms with E-state index in [1.54, 1.807) is 0 Å². The number of amides is 1. The minimum Gasteiger partial charge on any atom is -0.481 e. The first-order chi connectivity index (χ1) is 9.47. The first kappa shape index (κ1) is 15.3. The molecule has 2 aliphatic carbocycles. The molecule has 2 N–H and O–H groups in total. The third kappa shape index (κ3) is 3.74. The average Bonchev–Trinajstić information content (AvgIpc) is 2.67. The maximum atomic E-state index is 12.4. The quantitative estimate of drug-likeness (QED) is 0.782. The molecule has 2 saturated carbocycles. The lowest BCUT2D eigenvalue weighted by atomic mass is 9.94. The van der Waals surface area contributed by atoms with E-state index in [-0.39, 0.29) is 17.9 Å². The molecular weight excluding hydrogens is 254 g/mol. The van der Waals surface area contributed by atoms with Crippen LogP contribution in [0.1, 0.15) is 58.8 Å². The van der Waals surface area contributed by atoms with Crippen LogP contribution in [0.3, 0.4) is 0 Å². The van der Waals surface area contributed by atoms with Crippen molar-refractivity contribution < 1.29 is 14.7 Å². The number of hydrogen-bond donors (Lipinski definition) is 2. The van der Waals surface area contributed by atoms with Gasteiger partial charge in [0.1, 0.15) is 0 Å². The Balaban J connectivity index is 1.92. The van der Waals surface area contributed by atoms with E-state index in [4.69, 9.17) is 0 Å². The number of hydrogen-bond acceptors (Lipinski definition) is 2. The Bertz CT molecular complexity index is 369. The molecule has 3 unspecified atom stereocenters. The highest BCUT2D eigenvalue weighted by atomic mass is 16.4. The minimum atomic E-state index is -0.816. The molecule has 5 atom stereocenters. The Morgan fingerprint density at radius 1 is 0.950 bits per heavy atom. The van der Waals surface area contributed by atoms with E-state index in [0.717, 1.165) is 31.6 Å². The van der Waals surface area contributed by atoms with Gasteiger partial charge in [-0.3, -0.25) is 9.59 Å². The first-order valence-electron chi connectivity index (χ1n) is 8.00. The van der Waals surface area contributed by atoms with E-state index in [2.05, 4.69) is 12.2 Å². The SMILES string of the molecule is CC1CCCC(NC(=O)[C@H]2CC(C)C[C@H]2C(=O)O)CC1. The van der Waals surface area contributed by atoms with Crippen LogP contribution in [0.2, 0.25) is 0 Å². The second-order valence-electron chi connectivity index (χ2n) is 6.95. The summed E-state index contributed by atoms with van der Waals surface area (Å²) in [6.45, 7) is 4.31. The molecule has 2 aliphatic rings. The van der Waals surface area contributed by atoms with Crippen LogP contribution in [0.25, 0.3) is 0 Å². The van der Waals surface area contributed by atoms with Gasteiger partial charge in [0.15, 0.2) is 0 Å². The molecule has 0 bridgehead atoms. The van der Waals surface area contributed by atoms with Crippen LogP contribution >= 0.6 is 0 Å². The summed E-state index contributed by atoms with van der Waals surface area (Å²) in [7, 11) is 0. The van der Waals surface area contributed by atoms with Crippen LogP contribution in [-0.2, 0) is 9.59 Å². The van der Waals surface area contributed by atoms with Gasteiger partial charge in [0.05, 0.1) is 11.8 Å². The summed E-state index contributed by atoms with van der Waals surface area (Å²) in [5.74, 6) is -0.584. The predicted molar refractivity (Wildman–Crippen MR) is 77.2 cm³/mol. The second kappa shape index (κ2) is 6.59. The van der Waals surface area contributed by atoms with Crippen molar-refractivity contribution in [3.8, 4) is 0 Å². The summed E-state index contributed by atoms with van der Waals surface area (Å²) >= 11 is 0. The van der Waals surface area contributed by atoms with Gasteiger partial charge in [-0.1, -0.05) is 26.7 Å². The highest BCUT2D eigenvalue weighted by Crippen LogP contribution is 2.36. The van der Waals surface area contributed by atoms with E-state index in [1.165, 1.54) is 6.42 Å². The Morgan fingerprint density at radius 2 is 1.65 bits per heavy atom. The van der Waals surface area contributed by atoms with Crippen LogP contribution in [0.5, 0.6) is 0 Å². The molecule has 4 nitrogen and oxygen atoms in total. The van der Waals surface area contributed by atoms with Crippen LogP contribution < -0.4 is 5.32 Å².